The Bertz CT molecular complexity index is 664. The zero-order valence-electron chi connectivity index (χ0n) is 14.4. The molecule has 130 valence electrons. The molecule has 0 radical (unpaired) electrons. The van der Waals surface area contributed by atoms with Crippen LogP contribution >= 0.6 is 23.5 Å². The number of benzene rings is 2. The molecule has 1 saturated heterocycles. The van der Waals surface area contributed by atoms with Crippen molar-refractivity contribution >= 4 is 23.5 Å². The molecule has 1 aliphatic rings. The third-order valence-electron chi connectivity index (χ3n) is 3.81. The predicted octanol–water partition coefficient (Wildman–Crippen LogP) is 5.65. The smallest absolute Gasteiger partial charge is 0.0642 e. The molecule has 4 heteroatoms. The van der Waals surface area contributed by atoms with Gasteiger partial charge >= 0.3 is 0 Å². The van der Waals surface area contributed by atoms with Crippen LogP contribution in [0.2, 0.25) is 0 Å². The lowest BCUT2D eigenvalue weighted by Gasteiger charge is -2.25. The van der Waals surface area contributed by atoms with Crippen LogP contribution in [0.3, 0.4) is 0 Å². The second-order valence-corrected chi connectivity index (χ2v) is 8.19. The van der Waals surface area contributed by atoms with Crippen LogP contribution in [0.4, 0.5) is 0 Å². The fourth-order valence-corrected chi connectivity index (χ4v) is 4.60. The first-order valence-electron chi connectivity index (χ1n) is 8.48. The van der Waals surface area contributed by atoms with Crippen LogP contribution in [0.15, 0.2) is 92.5 Å². The lowest BCUT2D eigenvalue weighted by molar-refractivity contribution is 0.0594. The van der Waals surface area contributed by atoms with E-state index in [-0.39, 0.29) is 0 Å². The van der Waals surface area contributed by atoms with Gasteiger partial charge in [-0.15, -0.1) is 0 Å². The molecule has 1 aliphatic heterocycles. The van der Waals surface area contributed by atoms with E-state index in [4.69, 9.17) is 4.74 Å². The Morgan fingerprint density at radius 1 is 0.880 bits per heavy atom. The van der Waals surface area contributed by atoms with Gasteiger partial charge in [-0.05, 0) is 49.0 Å². The number of ether oxygens (including phenoxy) is 1. The molecular weight excluding hydrogens is 346 g/mol. The maximum Gasteiger partial charge on any atom is 0.0642 e. The molecule has 3 rings (SSSR count). The second-order valence-electron chi connectivity index (χ2n) is 5.76. The molecular formula is C21H23NOS2. The summed E-state index contributed by atoms with van der Waals surface area (Å²) in [6, 6.07) is 21.1. The summed E-state index contributed by atoms with van der Waals surface area (Å²) in [6.07, 6.45) is 4.43. The fraction of sp³-hybridized carbons (Fsp3) is 0.238. The first kappa shape index (κ1) is 18.2. The summed E-state index contributed by atoms with van der Waals surface area (Å²) in [5.74, 6) is 0. The molecule has 0 spiro atoms. The summed E-state index contributed by atoms with van der Waals surface area (Å²) in [4.78, 5) is 4.85. The van der Waals surface area contributed by atoms with Gasteiger partial charge in [0.25, 0.3) is 0 Å². The third-order valence-corrected chi connectivity index (χ3v) is 6.34. The maximum atomic E-state index is 5.42. The minimum absolute atomic E-state index is 0.817. The van der Waals surface area contributed by atoms with Gasteiger partial charge in [0.1, 0.15) is 0 Å². The van der Waals surface area contributed by atoms with E-state index in [0.29, 0.717) is 0 Å². The predicted molar refractivity (Wildman–Crippen MR) is 109 cm³/mol. The summed E-state index contributed by atoms with van der Waals surface area (Å²) >= 11 is 3.65. The normalized spacial score (nSPS) is 14.7. The van der Waals surface area contributed by atoms with Crippen LogP contribution in [0, 0.1) is 0 Å². The molecule has 0 amide bonds. The van der Waals surface area contributed by atoms with Gasteiger partial charge in [0.05, 0.1) is 17.5 Å². The lowest BCUT2D eigenvalue weighted by Crippen LogP contribution is -2.31. The van der Waals surface area contributed by atoms with Gasteiger partial charge in [-0.2, -0.15) is 0 Å². The summed E-state index contributed by atoms with van der Waals surface area (Å²) < 4.78 is 6.72. The van der Waals surface area contributed by atoms with Crippen LogP contribution in [0.1, 0.15) is 6.92 Å². The van der Waals surface area contributed by atoms with E-state index in [1.807, 2.05) is 23.5 Å². The van der Waals surface area contributed by atoms with Crippen molar-refractivity contribution in [3.8, 4) is 0 Å². The first-order valence-corrected chi connectivity index (χ1v) is 10.1. The van der Waals surface area contributed by atoms with Crippen molar-refractivity contribution in [3.05, 3.63) is 82.7 Å². The van der Waals surface area contributed by atoms with Gasteiger partial charge in [0, 0.05) is 22.9 Å². The van der Waals surface area contributed by atoms with Gasteiger partial charge in [-0.25, -0.2) is 0 Å². The highest BCUT2D eigenvalue weighted by Crippen LogP contribution is 2.41. The molecule has 0 saturated carbocycles. The number of morpholine rings is 1. The zero-order valence-corrected chi connectivity index (χ0v) is 16.1. The van der Waals surface area contributed by atoms with E-state index in [0.717, 1.165) is 26.3 Å². The van der Waals surface area contributed by atoms with Crippen LogP contribution < -0.4 is 0 Å². The number of allylic oxidation sites excluding steroid dienone is 2. The monoisotopic (exact) mass is 369 g/mol. The van der Waals surface area contributed by atoms with E-state index in [1.165, 1.54) is 19.6 Å². The van der Waals surface area contributed by atoms with Crippen molar-refractivity contribution < 1.29 is 4.74 Å². The minimum Gasteiger partial charge on any atom is -0.378 e. The summed E-state index contributed by atoms with van der Waals surface area (Å²) in [6.45, 7) is 5.76. The molecule has 0 N–H and O–H groups in total. The highest BCUT2D eigenvalue weighted by molar-refractivity contribution is 8.22. The molecule has 0 aliphatic carbocycles. The van der Waals surface area contributed by atoms with Crippen molar-refractivity contribution in [2.24, 2.45) is 0 Å². The number of hydrogen-bond donors (Lipinski definition) is 0. The van der Waals surface area contributed by atoms with Gasteiger partial charge in [-0.3, -0.25) is 0 Å². The van der Waals surface area contributed by atoms with Gasteiger partial charge in [0.2, 0.25) is 0 Å². The Labute approximate surface area is 159 Å². The number of thioether (sulfide) groups is 2. The molecule has 1 heterocycles. The molecule has 1 fully saturated rings. The van der Waals surface area contributed by atoms with Crippen LogP contribution in [0.5, 0.6) is 0 Å². The van der Waals surface area contributed by atoms with Crippen molar-refractivity contribution in [1.82, 2.24) is 4.90 Å². The number of hydrogen-bond acceptors (Lipinski definition) is 4. The van der Waals surface area contributed by atoms with Gasteiger partial charge in [-0.1, -0.05) is 59.9 Å². The van der Waals surface area contributed by atoms with Crippen LogP contribution in [0.25, 0.3) is 0 Å². The molecule has 0 atom stereocenters. The molecule has 2 nitrogen and oxygen atoms in total. The fourth-order valence-electron chi connectivity index (χ4n) is 2.38. The van der Waals surface area contributed by atoms with E-state index >= 15 is 0 Å². The molecule has 0 unspecified atom stereocenters. The molecule has 2 aromatic rings. The SMILES string of the molecule is CC(/C=C/N1CCOCC1)=C(Sc1ccccc1)Sc1ccccc1. The molecule has 0 bridgehead atoms. The highest BCUT2D eigenvalue weighted by atomic mass is 32.2. The van der Waals surface area contributed by atoms with Crippen molar-refractivity contribution in [2.75, 3.05) is 26.3 Å². The molecule has 2 aromatic carbocycles. The summed E-state index contributed by atoms with van der Waals surface area (Å²) in [7, 11) is 0. The molecule has 25 heavy (non-hydrogen) atoms. The summed E-state index contributed by atoms with van der Waals surface area (Å²) in [5.41, 5.74) is 1.29. The Morgan fingerprint density at radius 3 is 1.92 bits per heavy atom. The highest BCUT2D eigenvalue weighted by Gasteiger charge is 2.08. The average Bonchev–Trinajstić information content (AvgIpc) is 2.68. The van der Waals surface area contributed by atoms with E-state index < -0.39 is 0 Å². The zero-order chi connectivity index (χ0) is 17.3. The average molecular weight is 370 g/mol. The maximum absolute atomic E-state index is 5.42. The Balaban J connectivity index is 1.79. The first-order chi connectivity index (χ1) is 12.3. The third kappa shape index (κ3) is 5.99. The van der Waals surface area contributed by atoms with Crippen LogP contribution in [-0.2, 0) is 4.74 Å². The Hall–Kier alpha value is -1.62. The standard InChI is InChI=1S/C21H23NOS2/c1-18(12-13-22-14-16-23-17-15-22)21(24-19-8-4-2-5-9-19)25-20-10-6-3-7-11-20/h2-13H,14-17H2,1H3/b13-12+. The van der Waals surface area contributed by atoms with Crippen molar-refractivity contribution in [3.63, 3.8) is 0 Å². The molecule has 0 aromatic heterocycles. The van der Waals surface area contributed by atoms with Gasteiger partial charge in [0.15, 0.2) is 0 Å². The van der Waals surface area contributed by atoms with E-state index in [9.17, 15) is 0 Å². The number of rotatable bonds is 6. The summed E-state index contributed by atoms with van der Waals surface area (Å²) in [5, 5.41) is 0. The topological polar surface area (TPSA) is 12.5 Å². The van der Waals surface area contributed by atoms with Crippen molar-refractivity contribution in [2.45, 2.75) is 16.7 Å². The quantitative estimate of drug-likeness (QED) is 0.482. The second kappa shape index (κ2) is 9.76. The van der Waals surface area contributed by atoms with E-state index in [1.54, 1.807) is 0 Å². The Kier molecular flexibility index (Phi) is 7.10. The lowest BCUT2D eigenvalue weighted by atomic mass is 10.3. The van der Waals surface area contributed by atoms with Crippen LogP contribution in [-0.4, -0.2) is 31.2 Å². The Morgan fingerprint density at radius 2 is 1.40 bits per heavy atom. The number of nitrogens with zero attached hydrogens (tertiary/aromatic N) is 1. The minimum atomic E-state index is 0.817. The van der Waals surface area contributed by atoms with Gasteiger partial charge < -0.3 is 9.64 Å². The van der Waals surface area contributed by atoms with Crippen molar-refractivity contribution in [1.29, 1.82) is 0 Å². The van der Waals surface area contributed by atoms with E-state index in [2.05, 4.69) is 84.8 Å². The largest absolute Gasteiger partial charge is 0.378 e.